The molecule has 0 aromatic heterocycles. The lowest BCUT2D eigenvalue weighted by molar-refractivity contribution is 0.0482. The summed E-state index contributed by atoms with van der Waals surface area (Å²) in [5, 5.41) is 4.29. The molecule has 1 fully saturated rings. The molecule has 0 radical (unpaired) electrons. The number of rotatable bonds is 5. The second-order valence-corrected chi connectivity index (χ2v) is 4.95. The number of nitrogens with one attached hydrogen (secondary N) is 1. The van der Waals surface area contributed by atoms with Gasteiger partial charge in [0.25, 0.3) is 0 Å². The van der Waals surface area contributed by atoms with Gasteiger partial charge in [-0.25, -0.2) is 0 Å². The maximum atomic E-state index is 5.83. The molecule has 0 bridgehead atoms. The molecule has 0 aliphatic heterocycles. The van der Waals surface area contributed by atoms with E-state index >= 15 is 0 Å². The lowest BCUT2D eigenvalue weighted by atomic mass is 10.2. The topological polar surface area (TPSA) is 21.3 Å². The van der Waals surface area contributed by atoms with E-state index in [1.165, 1.54) is 5.56 Å². The van der Waals surface area contributed by atoms with E-state index in [0.29, 0.717) is 6.04 Å². The van der Waals surface area contributed by atoms with Crippen molar-refractivity contribution in [1.82, 2.24) is 5.32 Å². The van der Waals surface area contributed by atoms with Gasteiger partial charge in [0.1, 0.15) is 0 Å². The Labute approximate surface area is 102 Å². The Morgan fingerprint density at radius 3 is 2.75 bits per heavy atom. The van der Waals surface area contributed by atoms with E-state index in [2.05, 4.69) is 24.4 Å². The third-order valence-corrected chi connectivity index (χ3v) is 3.38. The highest BCUT2D eigenvalue weighted by Gasteiger charge is 2.50. The van der Waals surface area contributed by atoms with Crippen LogP contribution in [0.5, 0.6) is 0 Å². The lowest BCUT2D eigenvalue weighted by Gasteiger charge is -2.12. The van der Waals surface area contributed by atoms with Crippen molar-refractivity contribution in [2.75, 3.05) is 6.61 Å². The van der Waals surface area contributed by atoms with Gasteiger partial charge in [0.05, 0.1) is 5.60 Å². The standard InChI is InChI=1S/C13H18ClNO/c1-3-16-13(2)8-12(13)15-9-10-4-6-11(14)7-5-10/h4-7,12,15H,3,8-9H2,1-2H3/t12-,13+/m0/s1. The van der Waals surface area contributed by atoms with Crippen LogP contribution in [0.25, 0.3) is 0 Å². The highest BCUT2D eigenvalue weighted by atomic mass is 35.5. The van der Waals surface area contributed by atoms with Crippen molar-refractivity contribution in [3.05, 3.63) is 34.9 Å². The van der Waals surface area contributed by atoms with Gasteiger partial charge < -0.3 is 10.1 Å². The van der Waals surface area contributed by atoms with Crippen LogP contribution in [0.2, 0.25) is 5.02 Å². The molecule has 1 saturated carbocycles. The summed E-state index contributed by atoms with van der Waals surface area (Å²) in [7, 11) is 0. The molecule has 0 saturated heterocycles. The summed E-state index contributed by atoms with van der Waals surface area (Å²) < 4.78 is 5.68. The van der Waals surface area contributed by atoms with Crippen LogP contribution in [0.3, 0.4) is 0 Å². The minimum absolute atomic E-state index is 0.0567. The zero-order valence-electron chi connectivity index (χ0n) is 9.79. The molecule has 1 N–H and O–H groups in total. The Morgan fingerprint density at radius 2 is 2.12 bits per heavy atom. The van der Waals surface area contributed by atoms with Crippen LogP contribution in [0.15, 0.2) is 24.3 Å². The van der Waals surface area contributed by atoms with Gasteiger partial charge in [0.2, 0.25) is 0 Å². The molecule has 1 aromatic carbocycles. The molecule has 0 amide bonds. The average molecular weight is 240 g/mol. The minimum atomic E-state index is 0.0567. The first-order valence-electron chi connectivity index (χ1n) is 5.76. The molecule has 1 aromatic rings. The van der Waals surface area contributed by atoms with Crippen molar-refractivity contribution in [2.24, 2.45) is 0 Å². The largest absolute Gasteiger partial charge is 0.374 e. The number of halogens is 1. The van der Waals surface area contributed by atoms with Crippen molar-refractivity contribution in [3.8, 4) is 0 Å². The molecule has 16 heavy (non-hydrogen) atoms. The summed E-state index contributed by atoms with van der Waals surface area (Å²) in [5.41, 5.74) is 1.32. The number of benzene rings is 1. The molecule has 2 nitrogen and oxygen atoms in total. The quantitative estimate of drug-likeness (QED) is 0.853. The van der Waals surface area contributed by atoms with Crippen LogP contribution in [-0.4, -0.2) is 18.2 Å². The first kappa shape index (κ1) is 11.9. The molecule has 2 rings (SSSR count). The van der Waals surface area contributed by atoms with Gasteiger partial charge in [-0.2, -0.15) is 0 Å². The van der Waals surface area contributed by atoms with E-state index in [-0.39, 0.29) is 5.60 Å². The second kappa shape index (κ2) is 4.74. The smallest absolute Gasteiger partial charge is 0.0823 e. The Morgan fingerprint density at radius 1 is 1.44 bits per heavy atom. The Hall–Kier alpha value is -0.570. The lowest BCUT2D eigenvalue weighted by Crippen LogP contribution is -2.26. The zero-order chi connectivity index (χ0) is 11.6. The summed E-state index contributed by atoms with van der Waals surface area (Å²) in [4.78, 5) is 0. The third-order valence-electron chi connectivity index (χ3n) is 3.13. The van der Waals surface area contributed by atoms with Gasteiger partial charge in [-0.15, -0.1) is 0 Å². The van der Waals surface area contributed by atoms with E-state index < -0.39 is 0 Å². The normalized spacial score (nSPS) is 28.1. The van der Waals surface area contributed by atoms with Crippen molar-refractivity contribution in [3.63, 3.8) is 0 Å². The molecule has 1 aliphatic rings. The van der Waals surface area contributed by atoms with Crippen LogP contribution < -0.4 is 5.32 Å². The van der Waals surface area contributed by atoms with Crippen LogP contribution in [0.4, 0.5) is 0 Å². The van der Waals surface area contributed by atoms with E-state index in [0.717, 1.165) is 24.6 Å². The predicted octanol–water partition coefficient (Wildman–Crippen LogP) is 3.00. The van der Waals surface area contributed by atoms with Crippen LogP contribution in [0.1, 0.15) is 25.8 Å². The van der Waals surface area contributed by atoms with Gasteiger partial charge in [-0.05, 0) is 38.0 Å². The third kappa shape index (κ3) is 2.76. The molecular weight excluding hydrogens is 222 g/mol. The maximum Gasteiger partial charge on any atom is 0.0823 e. The SMILES string of the molecule is CCO[C@]1(C)C[C@@H]1NCc1ccc(Cl)cc1. The van der Waals surface area contributed by atoms with E-state index in [4.69, 9.17) is 16.3 Å². The first-order valence-corrected chi connectivity index (χ1v) is 6.13. The highest BCUT2D eigenvalue weighted by molar-refractivity contribution is 6.30. The molecule has 1 aliphatic carbocycles. The summed E-state index contributed by atoms with van der Waals surface area (Å²) in [6.45, 7) is 5.87. The van der Waals surface area contributed by atoms with Crippen molar-refractivity contribution < 1.29 is 4.74 Å². The van der Waals surface area contributed by atoms with Crippen molar-refractivity contribution in [1.29, 1.82) is 0 Å². The fraction of sp³-hybridized carbons (Fsp3) is 0.538. The van der Waals surface area contributed by atoms with Gasteiger partial charge in [-0.3, -0.25) is 0 Å². The Bertz CT molecular complexity index is 351. The summed E-state index contributed by atoms with van der Waals surface area (Å²) in [5.74, 6) is 0. The second-order valence-electron chi connectivity index (χ2n) is 4.51. The number of ether oxygens (including phenoxy) is 1. The predicted molar refractivity (Wildman–Crippen MR) is 66.7 cm³/mol. The van der Waals surface area contributed by atoms with E-state index in [1.807, 2.05) is 19.1 Å². The van der Waals surface area contributed by atoms with Crippen molar-refractivity contribution >= 4 is 11.6 Å². The number of hydrogen-bond donors (Lipinski definition) is 1. The monoisotopic (exact) mass is 239 g/mol. The van der Waals surface area contributed by atoms with Crippen molar-refractivity contribution in [2.45, 2.75) is 38.5 Å². The zero-order valence-corrected chi connectivity index (χ0v) is 10.6. The molecule has 0 unspecified atom stereocenters. The fourth-order valence-corrected chi connectivity index (χ4v) is 2.09. The van der Waals surface area contributed by atoms with Gasteiger partial charge >= 0.3 is 0 Å². The molecule has 88 valence electrons. The van der Waals surface area contributed by atoms with E-state index in [9.17, 15) is 0 Å². The van der Waals surface area contributed by atoms with Crippen LogP contribution in [-0.2, 0) is 11.3 Å². The van der Waals surface area contributed by atoms with E-state index in [1.54, 1.807) is 0 Å². The van der Waals surface area contributed by atoms with Gasteiger partial charge in [0, 0.05) is 24.2 Å². The summed E-state index contributed by atoms with van der Waals surface area (Å²) in [6, 6.07) is 8.44. The first-order chi connectivity index (χ1) is 7.64. The molecular formula is C13H18ClNO. The molecule has 3 heteroatoms. The fourth-order valence-electron chi connectivity index (χ4n) is 1.97. The number of hydrogen-bond acceptors (Lipinski definition) is 2. The average Bonchev–Trinajstić information content (AvgIpc) is 2.89. The Kier molecular flexibility index (Phi) is 3.53. The Balaban J connectivity index is 1.79. The molecule has 2 atom stereocenters. The molecule has 0 spiro atoms. The summed E-state index contributed by atoms with van der Waals surface area (Å²) >= 11 is 5.83. The van der Waals surface area contributed by atoms with Crippen LogP contribution >= 0.6 is 11.6 Å². The summed E-state index contributed by atoms with van der Waals surface area (Å²) in [6.07, 6.45) is 1.11. The highest BCUT2D eigenvalue weighted by Crippen LogP contribution is 2.39. The minimum Gasteiger partial charge on any atom is -0.374 e. The maximum absolute atomic E-state index is 5.83. The van der Waals surface area contributed by atoms with Gasteiger partial charge in [0.15, 0.2) is 0 Å². The van der Waals surface area contributed by atoms with Gasteiger partial charge in [-0.1, -0.05) is 23.7 Å². The molecule has 0 heterocycles. The van der Waals surface area contributed by atoms with Crippen LogP contribution in [0, 0.1) is 0 Å².